The topological polar surface area (TPSA) is 26.3 Å². The molecule has 0 amide bonds. The standard InChI is InChI=1S/C31H50O2/c1-27(2)22-11-9-20-19-29(5)16-13-23-28(3,4)26(33-8)15-18-31(23,7)24(29)12-10-21(20)30(22,6)17-14-25(27)32/h9,21-24,26H,10-19H2,1-8H3/t21-,22-,23-,24+,26+,29-,30-,31-/m1/s1. The van der Waals surface area contributed by atoms with Gasteiger partial charge in [0.05, 0.1) is 6.10 Å². The average molecular weight is 455 g/mol. The van der Waals surface area contributed by atoms with E-state index in [4.69, 9.17) is 4.74 Å². The lowest BCUT2D eigenvalue weighted by atomic mass is 9.42. The first-order valence-electron chi connectivity index (χ1n) is 14.1. The summed E-state index contributed by atoms with van der Waals surface area (Å²) in [5.74, 6) is 3.24. The summed E-state index contributed by atoms with van der Waals surface area (Å²) in [4.78, 5) is 12.9. The van der Waals surface area contributed by atoms with Gasteiger partial charge in [0.2, 0.25) is 0 Å². The number of carbonyl (C=O) groups is 1. The van der Waals surface area contributed by atoms with Gasteiger partial charge in [0, 0.05) is 18.9 Å². The Bertz CT molecular complexity index is 851. The first kappa shape index (κ1) is 24.1. The molecule has 0 bridgehead atoms. The van der Waals surface area contributed by atoms with E-state index in [2.05, 4.69) is 54.5 Å². The van der Waals surface area contributed by atoms with Crippen molar-refractivity contribution in [2.45, 2.75) is 119 Å². The molecule has 0 heterocycles. The van der Waals surface area contributed by atoms with E-state index in [1.54, 1.807) is 5.57 Å². The van der Waals surface area contributed by atoms with Gasteiger partial charge < -0.3 is 4.74 Å². The first-order valence-corrected chi connectivity index (χ1v) is 14.1. The van der Waals surface area contributed by atoms with Crippen molar-refractivity contribution in [3.8, 4) is 0 Å². The normalized spacial score (nSPS) is 50.7. The van der Waals surface area contributed by atoms with Gasteiger partial charge >= 0.3 is 0 Å². The number of methoxy groups -OCH3 is 1. The minimum atomic E-state index is -0.169. The van der Waals surface area contributed by atoms with Crippen LogP contribution in [0.25, 0.3) is 0 Å². The van der Waals surface area contributed by atoms with Crippen LogP contribution in [-0.2, 0) is 9.53 Å². The SMILES string of the molecule is CO[C@H]1CC[C@]2(C)[C@H](CC[C@]3(C)CC4=CC[C@@H]5C(C)(C)C(=O)CC[C@]5(C)[C@@H]4CC[C@@H]32)C1(C)C. The number of hydrogen-bond donors (Lipinski definition) is 0. The molecule has 186 valence electrons. The van der Waals surface area contributed by atoms with Gasteiger partial charge in [-0.25, -0.2) is 0 Å². The maximum Gasteiger partial charge on any atom is 0.138 e. The predicted octanol–water partition coefficient (Wildman–Crippen LogP) is 8.00. The summed E-state index contributed by atoms with van der Waals surface area (Å²) in [6.07, 6.45) is 15.3. The number of ether oxygens (including phenoxy) is 1. The molecule has 33 heavy (non-hydrogen) atoms. The van der Waals surface area contributed by atoms with Crippen LogP contribution in [0, 0.1) is 50.7 Å². The molecule has 0 aliphatic heterocycles. The summed E-state index contributed by atoms with van der Waals surface area (Å²) in [5, 5.41) is 0. The molecule has 4 fully saturated rings. The van der Waals surface area contributed by atoms with E-state index in [1.807, 2.05) is 7.11 Å². The Balaban J connectivity index is 1.50. The summed E-state index contributed by atoms with van der Waals surface area (Å²) in [6.45, 7) is 17.4. The Labute approximate surface area is 203 Å². The highest BCUT2D eigenvalue weighted by Crippen LogP contribution is 2.70. The molecule has 5 aliphatic carbocycles. The van der Waals surface area contributed by atoms with Crippen LogP contribution >= 0.6 is 0 Å². The number of fused-ring (bicyclic) bond motifs is 6. The molecule has 5 aliphatic rings. The van der Waals surface area contributed by atoms with Crippen LogP contribution in [0.2, 0.25) is 0 Å². The maximum absolute atomic E-state index is 12.9. The molecule has 4 saturated carbocycles. The lowest BCUT2D eigenvalue weighted by molar-refractivity contribution is -0.177. The van der Waals surface area contributed by atoms with Gasteiger partial charge in [0.25, 0.3) is 0 Å². The summed E-state index contributed by atoms with van der Waals surface area (Å²) in [7, 11) is 1.93. The largest absolute Gasteiger partial charge is 0.381 e. The minimum Gasteiger partial charge on any atom is -0.381 e. The number of ketones is 1. The molecule has 0 N–H and O–H groups in total. The maximum atomic E-state index is 12.9. The van der Waals surface area contributed by atoms with E-state index in [0.717, 1.165) is 31.1 Å². The fourth-order valence-electron chi connectivity index (χ4n) is 11.2. The quantitative estimate of drug-likeness (QED) is 0.375. The molecule has 2 nitrogen and oxygen atoms in total. The van der Waals surface area contributed by atoms with E-state index in [-0.39, 0.29) is 10.8 Å². The van der Waals surface area contributed by atoms with Crippen LogP contribution in [0.3, 0.4) is 0 Å². The van der Waals surface area contributed by atoms with Crippen LogP contribution < -0.4 is 0 Å². The second kappa shape index (κ2) is 7.44. The smallest absolute Gasteiger partial charge is 0.138 e. The zero-order valence-electron chi connectivity index (χ0n) is 22.9. The van der Waals surface area contributed by atoms with Gasteiger partial charge in [-0.3, -0.25) is 4.79 Å². The van der Waals surface area contributed by atoms with Gasteiger partial charge in [-0.05, 0) is 103 Å². The molecule has 0 saturated heterocycles. The second-order valence-corrected chi connectivity index (χ2v) is 14.9. The van der Waals surface area contributed by atoms with Crippen molar-refractivity contribution in [3.63, 3.8) is 0 Å². The van der Waals surface area contributed by atoms with Gasteiger partial charge in [-0.15, -0.1) is 0 Å². The van der Waals surface area contributed by atoms with E-state index in [1.165, 1.54) is 44.9 Å². The van der Waals surface area contributed by atoms with Gasteiger partial charge in [0.15, 0.2) is 0 Å². The van der Waals surface area contributed by atoms with Crippen molar-refractivity contribution in [2.75, 3.05) is 7.11 Å². The molecule has 2 heteroatoms. The number of carbonyl (C=O) groups excluding carboxylic acids is 1. The van der Waals surface area contributed by atoms with Gasteiger partial charge in [-0.1, -0.05) is 60.1 Å². The summed E-state index contributed by atoms with van der Waals surface area (Å²) < 4.78 is 6.03. The highest BCUT2D eigenvalue weighted by Gasteiger charge is 2.63. The van der Waals surface area contributed by atoms with Crippen molar-refractivity contribution in [1.29, 1.82) is 0 Å². The monoisotopic (exact) mass is 454 g/mol. The Kier molecular flexibility index (Phi) is 5.43. The zero-order valence-corrected chi connectivity index (χ0v) is 22.9. The minimum absolute atomic E-state index is 0.169. The zero-order chi connectivity index (χ0) is 24.0. The predicted molar refractivity (Wildman–Crippen MR) is 136 cm³/mol. The Hall–Kier alpha value is -0.630. The Morgan fingerprint density at radius 1 is 0.818 bits per heavy atom. The van der Waals surface area contributed by atoms with E-state index >= 15 is 0 Å². The molecular formula is C31H50O2. The molecule has 0 spiro atoms. The lowest BCUT2D eigenvalue weighted by Crippen LogP contribution is -2.58. The second-order valence-electron chi connectivity index (χ2n) is 14.9. The number of hydrogen-bond acceptors (Lipinski definition) is 2. The molecule has 0 aromatic carbocycles. The van der Waals surface area contributed by atoms with Crippen LogP contribution in [0.5, 0.6) is 0 Å². The van der Waals surface area contributed by atoms with E-state index < -0.39 is 0 Å². The highest BCUT2D eigenvalue weighted by atomic mass is 16.5. The van der Waals surface area contributed by atoms with E-state index in [9.17, 15) is 4.79 Å². The molecule has 0 unspecified atom stereocenters. The molecule has 0 aromatic rings. The third-order valence-electron chi connectivity index (χ3n) is 12.9. The summed E-state index contributed by atoms with van der Waals surface area (Å²) in [6, 6.07) is 0. The third-order valence-corrected chi connectivity index (χ3v) is 12.9. The molecule has 5 rings (SSSR count). The van der Waals surface area contributed by atoms with Gasteiger partial charge in [0.1, 0.15) is 5.78 Å². The van der Waals surface area contributed by atoms with Crippen molar-refractivity contribution >= 4 is 5.78 Å². The first-order chi connectivity index (χ1) is 15.3. The fraction of sp³-hybridized carbons (Fsp3) is 0.903. The molecular weight excluding hydrogens is 404 g/mol. The third kappa shape index (κ3) is 3.17. The van der Waals surface area contributed by atoms with Crippen LogP contribution in [-0.4, -0.2) is 19.0 Å². The molecule has 8 atom stereocenters. The average Bonchev–Trinajstić information content (AvgIpc) is 2.88. The van der Waals surface area contributed by atoms with Crippen molar-refractivity contribution in [3.05, 3.63) is 11.6 Å². The van der Waals surface area contributed by atoms with E-state index in [0.29, 0.717) is 40.0 Å². The number of rotatable bonds is 1. The van der Waals surface area contributed by atoms with Crippen molar-refractivity contribution < 1.29 is 9.53 Å². The Morgan fingerprint density at radius 3 is 2.24 bits per heavy atom. The number of allylic oxidation sites excluding steroid dienone is 2. The van der Waals surface area contributed by atoms with Crippen molar-refractivity contribution in [2.24, 2.45) is 50.7 Å². The summed E-state index contributed by atoms with van der Waals surface area (Å²) >= 11 is 0. The Morgan fingerprint density at radius 2 is 1.55 bits per heavy atom. The molecule has 0 radical (unpaired) electrons. The van der Waals surface area contributed by atoms with Crippen LogP contribution in [0.1, 0.15) is 113 Å². The van der Waals surface area contributed by atoms with Crippen LogP contribution in [0.4, 0.5) is 0 Å². The fourth-order valence-corrected chi connectivity index (χ4v) is 11.2. The van der Waals surface area contributed by atoms with Crippen LogP contribution in [0.15, 0.2) is 11.6 Å². The molecule has 0 aromatic heterocycles. The van der Waals surface area contributed by atoms with Crippen molar-refractivity contribution in [1.82, 2.24) is 0 Å². The number of Topliss-reactive ketones (excluding diaryl/α,β-unsaturated/α-hetero) is 1. The highest BCUT2D eigenvalue weighted by molar-refractivity contribution is 5.85. The lowest BCUT2D eigenvalue weighted by Gasteiger charge is -2.64. The summed E-state index contributed by atoms with van der Waals surface area (Å²) in [5.41, 5.74) is 2.99. The van der Waals surface area contributed by atoms with Gasteiger partial charge in [-0.2, -0.15) is 0 Å².